The van der Waals surface area contributed by atoms with E-state index in [4.69, 9.17) is 18.9 Å². The molecule has 1 unspecified atom stereocenters. The summed E-state index contributed by atoms with van der Waals surface area (Å²) in [4.78, 5) is 12.4. The maximum absolute atomic E-state index is 12.4. The maximum atomic E-state index is 12.4. The zero-order chi connectivity index (χ0) is 19.3. The molecule has 0 amide bonds. The molecule has 8 heteroatoms. The summed E-state index contributed by atoms with van der Waals surface area (Å²) < 4.78 is 23.9. The van der Waals surface area contributed by atoms with Crippen molar-refractivity contribution in [3.8, 4) is 17.2 Å². The minimum Gasteiger partial charge on any atom is -0.486 e. The highest BCUT2D eigenvalue weighted by Crippen LogP contribution is 2.32. The standard InChI is InChI=1S/C20H25N3O5/c1-2-25-20(24)16-12-22-23(17(16)13-21-11-15-4-3-7-26-15)14-5-6-18-19(10-14)28-9-8-27-18/h5-6,10,12,15,21H,2-4,7-9,11,13H2,1H3. The molecule has 0 bridgehead atoms. The lowest BCUT2D eigenvalue weighted by molar-refractivity contribution is 0.0524. The van der Waals surface area contributed by atoms with E-state index in [1.165, 1.54) is 0 Å². The van der Waals surface area contributed by atoms with E-state index in [0.717, 1.165) is 37.4 Å². The van der Waals surface area contributed by atoms with Crippen LogP contribution in [-0.2, 0) is 16.0 Å². The molecule has 0 radical (unpaired) electrons. The van der Waals surface area contributed by atoms with Crippen LogP contribution in [0.4, 0.5) is 0 Å². The third-order valence-electron chi connectivity index (χ3n) is 4.82. The number of hydrogen-bond acceptors (Lipinski definition) is 7. The largest absolute Gasteiger partial charge is 0.486 e. The van der Waals surface area contributed by atoms with Crippen LogP contribution in [0.3, 0.4) is 0 Å². The Labute approximate surface area is 163 Å². The third-order valence-corrected chi connectivity index (χ3v) is 4.82. The molecule has 1 N–H and O–H groups in total. The first-order chi connectivity index (χ1) is 13.8. The molecule has 2 aromatic rings. The number of esters is 1. The summed E-state index contributed by atoms with van der Waals surface area (Å²) in [5.41, 5.74) is 2.00. The molecule has 1 aromatic heterocycles. The van der Waals surface area contributed by atoms with Crippen molar-refractivity contribution in [1.82, 2.24) is 15.1 Å². The summed E-state index contributed by atoms with van der Waals surface area (Å²) in [6, 6.07) is 5.64. The third kappa shape index (κ3) is 3.98. The highest BCUT2D eigenvalue weighted by atomic mass is 16.6. The van der Waals surface area contributed by atoms with E-state index in [1.807, 2.05) is 18.2 Å². The van der Waals surface area contributed by atoms with Gasteiger partial charge in [-0.2, -0.15) is 5.10 Å². The van der Waals surface area contributed by atoms with E-state index in [2.05, 4.69) is 10.4 Å². The van der Waals surface area contributed by atoms with Crippen molar-refractivity contribution >= 4 is 5.97 Å². The number of fused-ring (bicyclic) bond motifs is 1. The Hall–Kier alpha value is -2.58. The first kappa shape index (κ1) is 18.8. The minimum atomic E-state index is -0.375. The molecule has 0 aliphatic carbocycles. The van der Waals surface area contributed by atoms with Crippen LogP contribution in [-0.4, -0.2) is 54.8 Å². The lowest BCUT2D eigenvalue weighted by Crippen LogP contribution is -2.27. The average molecular weight is 387 g/mol. The van der Waals surface area contributed by atoms with Crippen molar-refractivity contribution in [1.29, 1.82) is 0 Å². The molecule has 2 aliphatic heterocycles. The summed E-state index contributed by atoms with van der Waals surface area (Å²) in [6.07, 6.45) is 3.92. The fourth-order valence-electron chi connectivity index (χ4n) is 3.47. The summed E-state index contributed by atoms with van der Waals surface area (Å²) in [6.45, 7) is 5.18. The van der Waals surface area contributed by atoms with Gasteiger partial charge in [0.25, 0.3) is 0 Å². The maximum Gasteiger partial charge on any atom is 0.341 e. The SMILES string of the molecule is CCOC(=O)c1cnn(-c2ccc3c(c2)OCCO3)c1CNCC1CCCO1. The molecular formula is C20H25N3O5. The van der Waals surface area contributed by atoms with Crippen molar-refractivity contribution in [3.05, 3.63) is 35.7 Å². The van der Waals surface area contributed by atoms with E-state index in [-0.39, 0.29) is 12.1 Å². The number of ether oxygens (including phenoxy) is 4. The number of rotatable bonds is 7. The quantitative estimate of drug-likeness (QED) is 0.728. The Balaban J connectivity index is 1.59. The lowest BCUT2D eigenvalue weighted by Gasteiger charge is -2.19. The second kappa shape index (κ2) is 8.62. The number of carbonyl (C=O) groups is 1. The topological polar surface area (TPSA) is 83.8 Å². The van der Waals surface area contributed by atoms with E-state index in [9.17, 15) is 4.79 Å². The van der Waals surface area contributed by atoms with E-state index in [1.54, 1.807) is 17.8 Å². The number of nitrogens with one attached hydrogen (secondary N) is 1. The minimum absolute atomic E-state index is 0.219. The van der Waals surface area contributed by atoms with Gasteiger partial charge in [0.2, 0.25) is 0 Å². The van der Waals surface area contributed by atoms with Crippen LogP contribution in [0.25, 0.3) is 5.69 Å². The Morgan fingerprint density at radius 1 is 1.29 bits per heavy atom. The van der Waals surface area contributed by atoms with Gasteiger partial charge in [-0.05, 0) is 31.9 Å². The highest BCUT2D eigenvalue weighted by Gasteiger charge is 2.22. The zero-order valence-electron chi connectivity index (χ0n) is 16.0. The average Bonchev–Trinajstić information content (AvgIpc) is 3.38. The number of nitrogens with zero attached hydrogens (tertiary/aromatic N) is 2. The fraction of sp³-hybridized carbons (Fsp3) is 0.500. The Bertz CT molecular complexity index is 829. The lowest BCUT2D eigenvalue weighted by atomic mass is 10.2. The summed E-state index contributed by atoms with van der Waals surface area (Å²) >= 11 is 0. The van der Waals surface area contributed by atoms with Crippen LogP contribution >= 0.6 is 0 Å². The predicted molar refractivity (Wildman–Crippen MR) is 101 cm³/mol. The van der Waals surface area contributed by atoms with Gasteiger partial charge < -0.3 is 24.3 Å². The van der Waals surface area contributed by atoms with Crippen LogP contribution in [0.1, 0.15) is 35.8 Å². The second-order valence-corrected chi connectivity index (χ2v) is 6.73. The molecule has 2 aliphatic rings. The normalized spacial score (nSPS) is 18.2. The van der Waals surface area contributed by atoms with Crippen LogP contribution in [0.2, 0.25) is 0 Å². The molecular weight excluding hydrogens is 362 g/mol. The molecule has 1 fully saturated rings. The first-order valence-corrected chi connectivity index (χ1v) is 9.72. The first-order valence-electron chi connectivity index (χ1n) is 9.72. The van der Waals surface area contributed by atoms with Gasteiger partial charge in [0.1, 0.15) is 18.8 Å². The Kier molecular flexibility index (Phi) is 5.78. The summed E-state index contributed by atoms with van der Waals surface area (Å²) in [5, 5.41) is 7.83. The van der Waals surface area contributed by atoms with Gasteiger partial charge in [-0.15, -0.1) is 0 Å². The van der Waals surface area contributed by atoms with Crippen molar-refractivity contribution in [3.63, 3.8) is 0 Å². The van der Waals surface area contributed by atoms with Crippen molar-refractivity contribution in [2.24, 2.45) is 0 Å². The summed E-state index contributed by atoms with van der Waals surface area (Å²) in [5.74, 6) is 1.02. The fourth-order valence-corrected chi connectivity index (χ4v) is 3.47. The van der Waals surface area contributed by atoms with Crippen molar-refractivity contribution in [2.75, 3.05) is 33.0 Å². The number of carbonyl (C=O) groups excluding carboxylic acids is 1. The van der Waals surface area contributed by atoms with Crippen LogP contribution in [0.5, 0.6) is 11.5 Å². The van der Waals surface area contributed by atoms with Gasteiger partial charge in [-0.1, -0.05) is 0 Å². The molecule has 8 nitrogen and oxygen atoms in total. The molecule has 1 saturated heterocycles. The van der Waals surface area contributed by atoms with E-state index >= 15 is 0 Å². The Morgan fingerprint density at radius 2 is 2.14 bits per heavy atom. The van der Waals surface area contributed by atoms with E-state index in [0.29, 0.717) is 43.4 Å². The Morgan fingerprint density at radius 3 is 2.93 bits per heavy atom. The molecule has 4 rings (SSSR count). The van der Waals surface area contributed by atoms with Gasteiger partial charge >= 0.3 is 5.97 Å². The number of hydrogen-bond donors (Lipinski definition) is 1. The highest BCUT2D eigenvalue weighted by molar-refractivity contribution is 5.90. The zero-order valence-corrected chi connectivity index (χ0v) is 16.0. The van der Waals surface area contributed by atoms with Crippen molar-refractivity contribution in [2.45, 2.75) is 32.4 Å². The number of benzene rings is 1. The number of aromatic nitrogens is 2. The monoisotopic (exact) mass is 387 g/mol. The van der Waals surface area contributed by atoms with Crippen LogP contribution in [0.15, 0.2) is 24.4 Å². The van der Waals surface area contributed by atoms with Crippen molar-refractivity contribution < 1.29 is 23.7 Å². The van der Waals surface area contributed by atoms with E-state index < -0.39 is 0 Å². The molecule has 3 heterocycles. The molecule has 0 spiro atoms. The molecule has 1 atom stereocenters. The van der Waals surface area contributed by atoms with Gasteiger partial charge in [0.05, 0.1) is 30.3 Å². The smallest absolute Gasteiger partial charge is 0.341 e. The molecule has 0 saturated carbocycles. The van der Waals surface area contributed by atoms with Crippen LogP contribution in [0, 0.1) is 0 Å². The van der Waals surface area contributed by atoms with Gasteiger partial charge in [0, 0.05) is 25.8 Å². The van der Waals surface area contributed by atoms with Crippen LogP contribution < -0.4 is 14.8 Å². The predicted octanol–water partition coefficient (Wildman–Crippen LogP) is 2.09. The molecule has 1 aromatic carbocycles. The second-order valence-electron chi connectivity index (χ2n) is 6.73. The van der Waals surface area contributed by atoms with Gasteiger partial charge in [0.15, 0.2) is 11.5 Å². The molecule has 28 heavy (non-hydrogen) atoms. The molecule has 150 valence electrons. The van der Waals surface area contributed by atoms with Gasteiger partial charge in [-0.3, -0.25) is 0 Å². The van der Waals surface area contributed by atoms with Gasteiger partial charge in [-0.25, -0.2) is 9.48 Å². The summed E-state index contributed by atoms with van der Waals surface area (Å²) in [7, 11) is 0.